The van der Waals surface area contributed by atoms with E-state index in [9.17, 15) is 9.90 Å². The zero-order valence-corrected chi connectivity index (χ0v) is 12.8. The van der Waals surface area contributed by atoms with Gasteiger partial charge in [0.05, 0.1) is 12.5 Å². The zero-order chi connectivity index (χ0) is 15.1. The average molecular weight is 312 g/mol. The fourth-order valence-corrected chi connectivity index (χ4v) is 2.62. The lowest BCUT2D eigenvalue weighted by Crippen LogP contribution is -2.39. The van der Waals surface area contributed by atoms with Crippen LogP contribution in [0.1, 0.15) is 18.4 Å². The Kier molecular flexibility index (Phi) is 6.49. The van der Waals surface area contributed by atoms with Crippen LogP contribution in [0.5, 0.6) is 0 Å². The largest absolute Gasteiger partial charge is 0.396 e. The first-order valence-corrected chi connectivity index (χ1v) is 7.77. The van der Waals surface area contributed by atoms with Gasteiger partial charge in [-0.3, -0.25) is 4.79 Å². The van der Waals surface area contributed by atoms with Crippen molar-refractivity contribution in [2.24, 2.45) is 11.8 Å². The first kappa shape index (κ1) is 16.3. The van der Waals surface area contributed by atoms with E-state index < -0.39 is 0 Å². The molecule has 1 aromatic rings. The summed E-state index contributed by atoms with van der Waals surface area (Å²) in [7, 11) is 0. The first-order chi connectivity index (χ1) is 10.2. The summed E-state index contributed by atoms with van der Waals surface area (Å²) >= 11 is 5.85. The Balaban J connectivity index is 1.78. The van der Waals surface area contributed by atoms with Crippen molar-refractivity contribution in [3.63, 3.8) is 0 Å². The van der Waals surface area contributed by atoms with E-state index >= 15 is 0 Å². The second-order valence-electron chi connectivity index (χ2n) is 5.54. The minimum absolute atomic E-state index is 0.0136. The molecule has 2 atom stereocenters. The number of halogens is 1. The van der Waals surface area contributed by atoms with Gasteiger partial charge in [-0.1, -0.05) is 23.7 Å². The smallest absolute Gasteiger partial charge is 0.225 e. The van der Waals surface area contributed by atoms with Crippen LogP contribution in [0.3, 0.4) is 0 Å². The lowest BCUT2D eigenvalue weighted by atomic mass is 9.98. The van der Waals surface area contributed by atoms with E-state index in [1.165, 1.54) is 0 Å². The molecule has 0 aromatic heterocycles. The summed E-state index contributed by atoms with van der Waals surface area (Å²) in [6.07, 6.45) is 2.54. The number of hydrogen-bond acceptors (Lipinski definition) is 3. The maximum atomic E-state index is 12.0. The third-order valence-corrected chi connectivity index (χ3v) is 4.04. The van der Waals surface area contributed by atoms with E-state index in [0.29, 0.717) is 18.2 Å². The van der Waals surface area contributed by atoms with Crippen molar-refractivity contribution in [1.82, 2.24) is 5.32 Å². The Morgan fingerprint density at radius 2 is 2.19 bits per heavy atom. The number of hydrogen-bond donors (Lipinski definition) is 2. The van der Waals surface area contributed by atoms with Gasteiger partial charge in [-0.15, -0.1) is 0 Å². The Morgan fingerprint density at radius 3 is 2.81 bits per heavy atom. The topological polar surface area (TPSA) is 58.6 Å². The number of amides is 1. The lowest BCUT2D eigenvalue weighted by Gasteiger charge is -2.22. The number of rotatable bonds is 6. The Labute approximate surface area is 130 Å². The van der Waals surface area contributed by atoms with Crippen molar-refractivity contribution in [3.8, 4) is 0 Å². The molecule has 1 aliphatic heterocycles. The number of aliphatic hydroxyl groups excluding tert-OH is 1. The van der Waals surface area contributed by atoms with E-state index in [2.05, 4.69) is 5.32 Å². The Bertz CT molecular complexity index is 443. The molecule has 0 spiro atoms. The van der Waals surface area contributed by atoms with Crippen molar-refractivity contribution >= 4 is 17.5 Å². The van der Waals surface area contributed by atoms with Crippen molar-refractivity contribution in [1.29, 1.82) is 0 Å². The molecule has 4 nitrogen and oxygen atoms in total. The molecule has 0 aliphatic carbocycles. The molecule has 1 heterocycles. The highest BCUT2D eigenvalue weighted by molar-refractivity contribution is 6.30. The summed E-state index contributed by atoms with van der Waals surface area (Å²) in [5.74, 6) is -0.00230. The van der Waals surface area contributed by atoms with Crippen LogP contribution >= 0.6 is 11.6 Å². The molecule has 1 fully saturated rings. The molecule has 1 aliphatic rings. The number of ether oxygens (including phenoxy) is 1. The fourth-order valence-electron chi connectivity index (χ4n) is 2.49. The van der Waals surface area contributed by atoms with E-state index in [0.717, 1.165) is 31.4 Å². The van der Waals surface area contributed by atoms with Gasteiger partial charge in [0.1, 0.15) is 0 Å². The highest BCUT2D eigenvalue weighted by Gasteiger charge is 2.22. The van der Waals surface area contributed by atoms with E-state index in [4.69, 9.17) is 16.3 Å². The van der Waals surface area contributed by atoms with Gasteiger partial charge in [0.2, 0.25) is 5.91 Å². The highest BCUT2D eigenvalue weighted by atomic mass is 35.5. The van der Waals surface area contributed by atoms with Gasteiger partial charge in [-0.25, -0.2) is 0 Å². The molecule has 0 saturated carbocycles. The van der Waals surface area contributed by atoms with Crippen LogP contribution in [0.2, 0.25) is 5.02 Å². The fraction of sp³-hybridized carbons (Fsp3) is 0.562. The molecular formula is C16H22ClNO3. The maximum Gasteiger partial charge on any atom is 0.225 e. The second-order valence-corrected chi connectivity index (χ2v) is 5.97. The molecule has 2 rings (SSSR count). The average Bonchev–Trinajstić information content (AvgIpc) is 2.53. The molecular weight excluding hydrogens is 290 g/mol. The molecule has 0 radical (unpaired) electrons. The minimum atomic E-state index is -0.0476. The monoisotopic (exact) mass is 311 g/mol. The van der Waals surface area contributed by atoms with Gasteiger partial charge >= 0.3 is 0 Å². The lowest BCUT2D eigenvalue weighted by molar-refractivity contribution is -0.129. The van der Waals surface area contributed by atoms with Crippen LogP contribution in [0.15, 0.2) is 24.3 Å². The van der Waals surface area contributed by atoms with Crippen molar-refractivity contribution < 1.29 is 14.6 Å². The Morgan fingerprint density at radius 1 is 1.43 bits per heavy atom. The molecule has 116 valence electrons. The number of aliphatic hydroxyl groups is 1. The first-order valence-electron chi connectivity index (χ1n) is 7.40. The standard InChI is InChI=1S/C16H22ClNO3/c17-15-5-3-12(4-6-15)8-13(10-19)9-18-16(20)14-2-1-7-21-11-14/h3-6,13-14,19H,1-2,7-11H2,(H,18,20)/t13-,14+/m0/s1. The van der Waals surface area contributed by atoms with Crippen LogP contribution in [0.25, 0.3) is 0 Å². The zero-order valence-electron chi connectivity index (χ0n) is 12.1. The predicted octanol–water partition coefficient (Wildman–Crippen LogP) is 2.03. The molecule has 21 heavy (non-hydrogen) atoms. The normalized spacial score (nSPS) is 20.0. The SMILES string of the molecule is O=C(NC[C@@H](CO)Cc1ccc(Cl)cc1)[C@@H]1CCCOC1. The van der Waals surface area contributed by atoms with Crippen molar-refractivity contribution in [2.75, 3.05) is 26.4 Å². The molecule has 2 N–H and O–H groups in total. The molecule has 1 aromatic carbocycles. The number of benzene rings is 1. The summed E-state index contributed by atoms with van der Waals surface area (Å²) < 4.78 is 5.32. The van der Waals surface area contributed by atoms with Crippen LogP contribution in [0, 0.1) is 11.8 Å². The van der Waals surface area contributed by atoms with Gasteiger partial charge < -0.3 is 15.2 Å². The highest BCUT2D eigenvalue weighted by Crippen LogP contribution is 2.15. The van der Waals surface area contributed by atoms with Crippen LogP contribution < -0.4 is 5.32 Å². The molecule has 0 bridgehead atoms. The number of carbonyl (C=O) groups is 1. The molecule has 0 unspecified atom stereocenters. The molecule has 1 amide bonds. The Hall–Kier alpha value is -1.10. The summed E-state index contributed by atoms with van der Waals surface area (Å²) in [5, 5.41) is 13.1. The van der Waals surface area contributed by atoms with Crippen molar-refractivity contribution in [2.45, 2.75) is 19.3 Å². The summed E-state index contributed by atoms with van der Waals surface area (Å²) in [6, 6.07) is 7.57. The van der Waals surface area contributed by atoms with Gasteiger partial charge in [-0.05, 0) is 37.0 Å². The van der Waals surface area contributed by atoms with Gasteiger partial charge in [0.25, 0.3) is 0 Å². The van der Waals surface area contributed by atoms with Gasteiger partial charge in [0.15, 0.2) is 0 Å². The summed E-state index contributed by atoms with van der Waals surface area (Å²) in [4.78, 5) is 12.0. The number of nitrogens with one attached hydrogen (secondary N) is 1. The molecule has 1 saturated heterocycles. The summed E-state index contributed by atoms with van der Waals surface area (Å²) in [6.45, 7) is 1.78. The van der Waals surface area contributed by atoms with Crippen LogP contribution in [0.4, 0.5) is 0 Å². The predicted molar refractivity (Wildman–Crippen MR) is 82.3 cm³/mol. The maximum absolute atomic E-state index is 12.0. The van der Waals surface area contributed by atoms with E-state index in [1.54, 1.807) is 0 Å². The second kappa shape index (κ2) is 8.37. The quantitative estimate of drug-likeness (QED) is 0.845. The molecule has 5 heteroatoms. The minimum Gasteiger partial charge on any atom is -0.396 e. The van der Waals surface area contributed by atoms with E-state index in [-0.39, 0.29) is 24.3 Å². The van der Waals surface area contributed by atoms with Crippen LogP contribution in [-0.2, 0) is 16.0 Å². The third-order valence-electron chi connectivity index (χ3n) is 3.79. The number of carbonyl (C=O) groups excluding carboxylic acids is 1. The van der Waals surface area contributed by atoms with E-state index in [1.807, 2.05) is 24.3 Å². The summed E-state index contributed by atoms with van der Waals surface area (Å²) in [5.41, 5.74) is 1.11. The third kappa shape index (κ3) is 5.30. The van der Waals surface area contributed by atoms with Crippen LogP contribution in [-0.4, -0.2) is 37.4 Å². The van der Waals surface area contributed by atoms with Crippen molar-refractivity contribution in [3.05, 3.63) is 34.9 Å². The van der Waals surface area contributed by atoms with Gasteiger partial charge in [0, 0.05) is 30.7 Å². The van der Waals surface area contributed by atoms with Gasteiger partial charge in [-0.2, -0.15) is 0 Å².